The first-order valence-corrected chi connectivity index (χ1v) is 6.47. The Labute approximate surface area is 106 Å². The van der Waals surface area contributed by atoms with Crippen molar-refractivity contribution in [3.63, 3.8) is 0 Å². The lowest BCUT2D eigenvalue weighted by molar-refractivity contribution is -0.141. The Morgan fingerprint density at radius 3 is 2.83 bits per heavy atom. The average molecular weight is 256 g/mol. The molecule has 2 N–H and O–H groups in total. The quantitative estimate of drug-likeness (QED) is 0.778. The highest BCUT2D eigenvalue weighted by Gasteiger charge is 2.35. The summed E-state index contributed by atoms with van der Waals surface area (Å²) in [5, 5.41) is 11.9. The summed E-state index contributed by atoms with van der Waals surface area (Å²) in [6.07, 6.45) is 2.25. The van der Waals surface area contributed by atoms with Crippen molar-refractivity contribution in [2.24, 2.45) is 5.92 Å². The molecule has 2 fully saturated rings. The van der Waals surface area contributed by atoms with Crippen LogP contribution in [0.25, 0.3) is 0 Å². The summed E-state index contributed by atoms with van der Waals surface area (Å²) >= 11 is 0. The van der Waals surface area contributed by atoms with Crippen molar-refractivity contribution in [1.29, 1.82) is 0 Å². The number of nitrogens with zero attached hydrogens (tertiary/aromatic N) is 1. The van der Waals surface area contributed by atoms with Crippen LogP contribution in [0.3, 0.4) is 0 Å². The van der Waals surface area contributed by atoms with Gasteiger partial charge in [0.2, 0.25) is 0 Å². The lowest BCUT2D eigenvalue weighted by Gasteiger charge is -2.26. The van der Waals surface area contributed by atoms with Gasteiger partial charge >= 0.3 is 12.0 Å². The zero-order valence-corrected chi connectivity index (χ0v) is 10.6. The third-order valence-electron chi connectivity index (χ3n) is 3.82. The summed E-state index contributed by atoms with van der Waals surface area (Å²) < 4.78 is 5.29. The standard InChI is InChI=1S/C12H20N2O4/c1-8(9-4-6-18-7-9)13-12(17)14-5-2-3-10(14)11(15)16/h8-10H,2-7H2,1H3,(H,13,17)(H,15,16). The van der Waals surface area contributed by atoms with Gasteiger partial charge in [-0.05, 0) is 26.2 Å². The maximum atomic E-state index is 12.0. The number of carbonyl (C=O) groups is 2. The van der Waals surface area contributed by atoms with Crippen molar-refractivity contribution in [2.75, 3.05) is 19.8 Å². The third-order valence-corrected chi connectivity index (χ3v) is 3.82. The molecular weight excluding hydrogens is 236 g/mol. The summed E-state index contributed by atoms with van der Waals surface area (Å²) in [7, 11) is 0. The van der Waals surface area contributed by atoms with Gasteiger partial charge in [-0.25, -0.2) is 9.59 Å². The van der Waals surface area contributed by atoms with Crippen LogP contribution >= 0.6 is 0 Å². The number of ether oxygens (including phenoxy) is 1. The largest absolute Gasteiger partial charge is 0.480 e. The molecule has 0 saturated carbocycles. The van der Waals surface area contributed by atoms with Gasteiger partial charge in [-0.3, -0.25) is 0 Å². The number of aliphatic carboxylic acids is 1. The van der Waals surface area contributed by atoms with Crippen LogP contribution in [-0.2, 0) is 9.53 Å². The second kappa shape index (κ2) is 5.56. The van der Waals surface area contributed by atoms with Gasteiger partial charge in [0, 0.05) is 25.1 Å². The molecule has 102 valence electrons. The Morgan fingerprint density at radius 2 is 2.22 bits per heavy atom. The van der Waals surface area contributed by atoms with Crippen LogP contribution in [0, 0.1) is 5.92 Å². The van der Waals surface area contributed by atoms with E-state index in [-0.39, 0.29) is 12.1 Å². The smallest absolute Gasteiger partial charge is 0.326 e. The van der Waals surface area contributed by atoms with Crippen molar-refractivity contribution in [3.05, 3.63) is 0 Å². The number of likely N-dealkylation sites (tertiary alicyclic amines) is 1. The van der Waals surface area contributed by atoms with Crippen molar-refractivity contribution < 1.29 is 19.4 Å². The fraction of sp³-hybridized carbons (Fsp3) is 0.833. The maximum Gasteiger partial charge on any atom is 0.326 e. The molecule has 0 aromatic heterocycles. The zero-order valence-electron chi connectivity index (χ0n) is 10.6. The van der Waals surface area contributed by atoms with Crippen LogP contribution < -0.4 is 5.32 Å². The van der Waals surface area contributed by atoms with Gasteiger partial charge in [-0.2, -0.15) is 0 Å². The lowest BCUT2D eigenvalue weighted by atomic mass is 10.0. The molecule has 0 spiro atoms. The molecule has 0 radical (unpaired) electrons. The fourth-order valence-corrected chi connectivity index (χ4v) is 2.61. The molecular formula is C12H20N2O4. The minimum absolute atomic E-state index is 0.0232. The van der Waals surface area contributed by atoms with E-state index in [9.17, 15) is 9.59 Å². The second-order valence-corrected chi connectivity index (χ2v) is 5.05. The van der Waals surface area contributed by atoms with E-state index in [2.05, 4.69) is 5.32 Å². The minimum Gasteiger partial charge on any atom is -0.480 e. The predicted molar refractivity (Wildman–Crippen MR) is 64.3 cm³/mol. The normalized spacial score (nSPS) is 29.3. The molecule has 18 heavy (non-hydrogen) atoms. The molecule has 2 aliphatic rings. The van der Waals surface area contributed by atoms with Gasteiger partial charge in [0.15, 0.2) is 0 Å². The Hall–Kier alpha value is -1.30. The summed E-state index contributed by atoms with van der Waals surface area (Å²) in [5.74, 6) is -0.584. The Kier molecular flexibility index (Phi) is 4.06. The highest BCUT2D eigenvalue weighted by atomic mass is 16.5. The van der Waals surface area contributed by atoms with Gasteiger partial charge in [0.1, 0.15) is 6.04 Å². The van der Waals surface area contributed by atoms with Gasteiger partial charge in [-0.15, -0.1) is 0 Å². The van der Waals surface area contributed by atoms with Crippen LogP contribution in [0.1, 0.15) is 26.2 Å². The van der Waals surface area contributed by atoms with Gasteiger partial charge in [0.05, 0.1) is 6.61 Å². The predicted octanol–water partition coefficient (Wildman–Crippen LogP) is 0.670. The molecule has 0 aliphatic carbocycles. The Balaban J connectivity index is 1.88. The van der Waals surface area contributed by atoms with Crippen LogP contribution in [0.5, 0.6) is 0 Å². The molecule has 0 bridgehead atoms. The van der Waals surface area contributed by atoms with E-state index in [1.165, 1.54) is 4.90 Å². The summed E-state index contributed by atoms with van der Waals surface area (Å²) in [5.41, 5.74) is 0. The van der Waals surface area contributed by atoms with Crippen LogP contribution in [0.2, 0.25) is 0 Å². The molecule has 3 unspecified atom stereocenters. The first kappa shape index (κ1) is 13.1. The molecule has 0 aromatic carbocycles. The van der Waals surface area contributed by atoms with E-state index in [0.717, 1.165) is 19.4 Å². The van der Waals surface area contributed by atoms with Crippen molar-refractivity contribution in [3.8, 4) is 0 Å². The molecule has 6 heteroatoms. The highest BCUT2D eigenvalue weighted by Crippen LogP contribution is 2.20. The molecule has 6 nitrogen and oxygen atoms in total. The zero-order chi connectivity index (χ0) is 13.1. The molecule has 2 amide bonds. The van der Waals surface area contributed by atoms with E-state index in [0.29, 0.717) is 25.5 Å². The van der Waals surface area contributed by atoms with E-state index < -0.39 is 12.0 Å². The first-order chi connectivity index (χ1) is 8.59. The van der Waals surface area contributed by atoms with Crippen LogP contribution in [0.4, 0.5) is 4.79 Å². The SMILES string of the molecule is CC(NC(=O)N1CCCC1C(=O)O)C1CCOC1. The number of hydrogen-bond donors (Lipinski definition) is 2. The molecule has 2 saturated heterocycles. The number of nitrogens with one attached hydrogen (secondary N) is 1. The Morgan fingerprint density at radius 1 is 1.44 bits per heavy atom. The number of carboxylic acids is 1. The van der Waals surface area contributed by atoms with Crippen molar-refractivity contribution in [2.45, 2.75) is 38.3 Å². The van der Waals surface area contributed by atoms with E-state index >= 15 is 0 Å². The van der Waals surface area contributed by atoms with E-state index in [4.69, 9.17) is 9.84 Å². The molecule has 0 aromatic rings. The fourth-order valence-electron chi connectivity index (χ4n) is 2.61. The molecule has 2 heterocycles. The van der Waals surface area contributed by atoms with E-state index in [1.54, 1.807) is 0 Å². The van der Waals surface area contributed by atoms with Crippen LogP contribution in [-0.4, -0.2) is 53.8 Å². The molecule has 2 rings (SSSR count). The summed E-state index contributed by atoms with van der Waals surface area (Å²) in [6, 6.07) is -0.911. The number of rotatable bonds is 3. The first-order valence-electron chi connectivity index (χ1n) is 6.47. The molecule has 3 atom stereocenters. The topological polar surface area (TPSA) is 78.9 Å². The number of hydrogen-bond acceptors (Lipinski definition) is 3. The van der Waals surface area contributed by atoms with Crippen LogP contribution in [0.15, 0.2) is 0 Å². The minimum atomic E-state index is -0.917. The van der Waals surface area contributed by atoms with Gasteiger partial charge in [-0.1, -0.05) is 0 Å². The van der Waals surface area contributed by atoms with Crippen molar-refractivity contribution >= 4 is 12.0 Å². The summed E-state index contributed by atoms with van der Waals surface area (Å²) in [6.45, 7) is 3.88. The number of carbonyl (C=O) groups excluding carboxylic acids is 1. The monoisotopic (exact) mass is 256 g/mol. The van der Waals surface area contributed by atoms with Gasteiger partial charge in [0.25, 0.3) is 0 Å². The average Bonchev–Trinajstić information content (AvgIpc) is 3.00. The Bertz CT molecular complexity index is 328. The van der Waals surface area contributed by atoms with Crippen molar-refractivity contribution in [1.82, 2.24) is 10.2 Å². The van der Waals surface area contributed by atoms with Gasteiger partial charge < -0.3 is 20.1 Å². The molecule has 2 aliphatic heterocycles. The van der Waals surface area contributed by atoms with E-state index in [1.807, 2.05) is 6.92 Å². The maximum absolute atomic E-state index is 12.0. The second-order valence-electron chi connectivity index (χ2n) is 5.05. The third kappa shape index (κ3) is 2.75. The number of urea groups is 1. The highest BCUT2D eigenvalue weighted by molar-refractivity contribution is 5.83. The lowest BCUT2D eigenvalue weighted by Crippen LogP contribution is -2.50. The number of amides is 2. The summed E-state index contributed by atoms with van der Waals surface area (Å²) in [4.78, 5) is 24.5. The number of carboxylic acid groups (broad SMARTS) is 1.